The minimum absolute atomic E-state index is 0.0120. The monoisotopic (exact) mass is 479 g/mol. The van der Waals surface area contributed by atoms with E-state index in [1.807, 2.05) is 0 Å². The molecule has 184 valence electrons. The van der Waals surface area contributed by atoms with Crippen LogP contribution >= 0.6 is 0 Å². The van der Waals surface area contributed by atoms with Crippen LogP contribution in [0.4, 0.5) is 5.69 Å². The number of carbonyl (C=O) groups is 3. The average Bonchev–Trinajstić information content (AvgIpc) is 3.70. The van der Waals surface area contributed by atoms with Crippen molar-refractivity contribution in [3.05, 3.63) is 48.0 Å². The smallest absolute Gasteiger partial charge is 0.275 e. The van der Waals surface area contributed by atoms with E-state index in [1.54, 1.807) is 30.1 Å². The van der Waals surface area contributed by atoms with Gasteiger partial charge in [-0.25, -0.2) is 4.98 Å². The lowest BCUT2D eigenvalue weighted by Crippen LogP contribution is -2.54. The first-order valence-corrected chi connectivity index (χ1v) is 12.0. The number of amides is 3. The van der Waals surface area contributed by atoms with Gasteiger partial charge < -0.3 is 25.0 Å². The number of hydrogen-bond donors (Lipinski definition) is 2. The van der Waals surface area contributed by atoms with Crippen molar-refractivity contribution in [3.63, 3.8) is 0 Å². The van der Waals surface area contributed by atoms with Crippen molar-refractivity contribution in [3.8, 4) is 5.75 Å². The first kappa shape index (κ1) is 23.2. The molecule has 35 heavy (non-hydrogen) atoms. The highest BCUT2D eigenvalue weighted by atomic mass is 16.5. The second-order valence-corrected chi connectivity index (χ2v) is 9.38. The Kier molecular flexibility index (Phi) is 6.63. The lowest BCUT2D eigenvalue weighted by Gasteiger charge is -2.42. The standard InChI is InChI=1S/C25H29N5O5/c1-30-20-6-5-17(11-23(31)28-12-15-2-3-15)35-22(20)14-34-21-7-4-16(10-18(21)25(30)33)29-24(32)19-13-26-8-9-27-19/h4,7-10,13,15,17,20,22H,2-3,5-6,11-12,14H2,1H3,(H,28,31)(H,29,32)/t17-,20+,22+/m0/s1. The molecular formula is C25H29N5O5. The summed E-state index contributed by atoms with van der Waals surface area (Å²) >= 11 is 0. The highest BCUT2D eigenvalue weighted by Gasteiger charge is 2.39. The molecule has 3 heterocycles. The minimum Gasteiger partial charge on any atom is -0.490 e. The summed E-state index contributed by atoms with van der Waals surface area (Å²) in [7, 11) is 1.76. The molecule has 1 saturated carbocycles. The second kappa shape index (κ2) is 9.99. The molecule has 10 nitrogen and oxygen atoms in total. The van der Waals surface area contributed by atoms with E-state index in [2.05, 4.69) is 20.6 Å². The van der Waals surface area contributed by atoms with Crippen molar-refractivity contribution in [2.45, 2.75) is 50.4 Å². The van der Waals surface area contributed by atoms with Crippen LogP contribution in [0.5, 0.6) is 5.75 Å². The Bertz CT molecular complexity index is 1110. The van der Waals surface area contributed by atoms with Crippen molar-refractivity contribution in [1.29, 1.82) is 0 Å². The first-order valence-electron chi connectivity index (χ1n) is 12.0. The molecule has 0 unspecified atom stereocenters. The quantitative estimate of drug-likeness (QED) is 0.650. The molecule has 3 amide bonds. The third kappa shape index (κ3) is 5.43. The van der Waals surface area contributed by atoms with E-state index in [-0.39, 0.29) is 42.4 Å². The average molecular weight is 480 g/mol. The molecule has 5 rings (SSSR count). The van der Waals surface area contributed by atoms with Crippen LogP contribution in [-0.4, -0.2) is 71.0 Å². The van der Waals surface area contributed by atoms with Crippen LogP contribution in [0.1, 0.15) is 53.0 Å². The topological polar surface area (TPSA) is 123 Å². The largest absolute Gasteiger partial charge is 0.490 e. The van der Waals surface area contributed by atoms with Crippen molar-refractivity contribution in [2.24, 2.45) is 5.92 Å². The number of aromatic nitrogens is 2. The third-order valence-corrected chi connectivity index (χ3v) is 6.76. The summed E-state index contributed by atoms with van der Waals surface area (Å²) in [5.74, 6) is 0.437. The number of rotatable bonds is 6. The van der Waals surface area contributed by atoms with Gasteiger partial charge in [-0.05, 0) is 49.8 Å². The van der Waals surface area contributed by atoms with Gasteiger partial charge in [0.05, 0.1) is 30.3 Å². The second-order valence-electron chi connectivity index (χ2n) is 9.38. The normalized spacial score (nSPS) is 23.7. The molecule has 2 N–H and O–H groups in total. The Morgan fingerprint density at radius 1 is 1.17 bits per heavy atom. The maximum absolute atomic E-state index is 13.4. The number of anilines is 1. The Hall–Kier alpha value is -3.53. The van der Waals surface area contributed by atoms with Gasteiger partial charge in [0.1, 0.15) is 24.2 Å². The Balaban J connectivity index is 1.25. The molecule has 3 atom stereocenters. The number of likely N-dealkylation sites (N-methyl/N-ethyl adjacent to an activating group) is 1. The molecule has 0 radical (unpaired) electrons. The zero-order chi connectivity index (χ0) is 24.4. The molecule has 2 fully saturated rings. The highest BCUT2D eigenvalue weighted by molar-refractivity contribution is 6.04. The molecule has 1 aromatic carbocycles. The summed E-state index contributed by atoms with van der Waals surface area (Å²) in [6.07, 6.45) is 7.89. The van der Waals surface area contributed by atoms with E-state index in [4.69, 9.17) is 9.47 Å². The van der Waals surface area contributed by atoms with Gasteiger partial charge in [0.2, 0.25) is 5.91 Å². The highest BCUT2D eigenvalue weighted by Crippen LogP contribution is 2.33. The molecule has 2 aromatic rings. The lowest BCUT2D eigenvalue weighted by atomic mass is 9.94. The number of carbonyl (C=O) groups excluding carboxylic acids is 3. The van der Waals surface area contributed by atoms with Crippen molar-refractivity contribution < 1.29 is 23.9 Å². The number of hydrogen-bond acceptors (Lipinski definition) is 7. The lowest BCUT2D eigenvalue weighted by molar-refractivity contribution is -0.134. The van der Waals surface area contributed by atoms with Gasteiger partial charge in [-0.1, -0.05) is 0 Å². The molecular weight excluding hydrogens is 450 g/mol. The maximum Gasteiger partial charge on any atom is 0.275 e. The predicted molar refractivity (Wildman–Crippen MR) is 126 cm³/mol. The molecule has 1 aromatic heterocycles. The molecule has 2 aliphatic heterocycles. The van der Waals surface area contributed by atoms with E-state index in [9.17, 15) is 14.4 Å². The third-order valence-electron chi connectivity index (χ3n) is 6.76. The van der Waals surface area contributed by atoms with Crippen LogP contribution in [0.25, 0.3) is 0 Å². The van der Waals surface area contributed by atoms with Gasteiger partial charge in [0.25, 0.3) is 11.8 Å². The molecule has 0 spiro atoms. The van der Waals surface area contributed by atoms with Crippen LogP contribution in [-0.2, 0) is 9.53 Å². The molecule has 10 heteroatoms. The number of nitrogens with zero attached hydrogens (tertiary/aromatic N) is 3. The number of nitrogens with one attached hydrogen (secondary N) is 2. The van der Waals surface area contributed by atoms with Crippen LogP contribution in [0.15, 0.2) is 36.8 Å². The van der Waals surface area contributed by atoms with Crippen molar-refractivity contribution in [1.82, 2.24) is 20.2 Å². The molecule has 3 aliphatic rings. The van der Waals surface area contributed by atoms with Crippen LogP contribution < -0.4 is 15.4 Å². The zero-order valence-corrected chi connectivity index (χ0v) is 19.6. The summed E-state index contributed by atoms with van der Waals surface area (Å²) in [4.78, 5) is 47.7. The maximum atomic E-state index is 13.4. The SMILES string of the molecule is CN1C(=O)c2cc(NC(=O)c3cnccn3)ccc2OC[C@H]2O[C@H](CC(=O)NCC3CC3)CC[C@H]21. The van der Waals surface area contributed by atoms with Gasteiger partial charge in [-0.15, -0.1) is 0 Å². The van der Waals surface area contributed by atoms with E-state index in [0.29, 0.717) is 35.8 Å². The summed E-state index contributed by atoms with van der Waals surface area (Å²) in [6.45, 7) is 1.01. The summed E-state index contributed by atoms with van der Waals surface area (Å²) < 4.78 is 12.2. The van der Waals surface area contributed by atoms with Gasteiger partial charge in [0.15, 0.2) is 0 Å². The molecule has 1 saturated heterocycles. The van der Waals surface area contributed by atoms with Crippen molar-refractivity contribution in [2.75, 3.05) is 25.5 Å². The fraction of sp³-hybridized carbons (Fsp3) is 0.480. The van der Waals surface area contributed by atoms with E-state index < -0.39 is 5.91 Å². The summed E-state index contributed by atoms with van der Waals surface area (Å²) in [5, 5.41) is 5.74. The van der Waals surface area contributed by atoms with Gasteiger partial charge in [0, 0.05) is 31.7 Å². The fourth-order valence-corrected chi connectivity index (χ4v) is 4.58. The van der Waals surface area contributed by atoms with Crippen LogP contribution in [0.2, 0.25) is 0 Å². The molecule has 0 bridgehead atoms. The summed E-state index contributed by atoms with van der Waals surface area (Å²) in [6, 6.07) is 4.78. The zero-order valence-electron chi connectivity index (χ0n) is 19.6. The van der Waals surface area contributed by atoms with Gasteiger partial charge >= 0.3 is 0 Å². The van der Waals surface area contributed by atoms with Gasteiger partial charge in [-0.2, -0.15) is 0 Å². The van der Waals surface area contributed by atoms with E-state index >= 15 is 0 Å². The van der Waals surface area contributed by atoms with Gasteiger partial charge in [-0.3, -0.25) is 19.4 Å². The Morgan fingerprint density at radius 3 is 2.80 bits per heavy atom. The van der Waals surface area contributed by atoms with E-state index in [0.717, 1.165) is 13.0 Å². The number of ether oxygens (including phenoxy) is 2. The fourth-order valence-electron chi connectivity index (χ4n) is 4.58. The minimum atomic E-state index is -0.418. The number of benzene rings is 1. The van der Waals surface area contributed by atoms with E-state index in [1.165, 1.54) is 31.4 Å². The Morgan fingerprint density at radius 2 is 2.03 bits per heavy atom. The molecule has 1 aliphatic carbocycles. The predicted octanol–water partition coefficient (Wildman–Crippen LogP) is 2.03. The van der Waals surface area contributed by atoms with Crippen LogP contribution in [0, 0.1) is 5.92 Å². The first-order chi connectivity index (χ1) is 17.0. The van der Waals surface area contributed by atoms with Crippen LogP contribution in [0.3, 0.4) is 0 Å². The van der Waals surface area contributed by atoms with Crippen molar-refractivity contribution >= 4 is 23.4 Å². The number of fused-ring (bicyclic) bond motifs is 2. The Labute approximate surface area is 203 Å². The summed E-state index contributed by atoms with van der Waals surface area (Å²) in [5.41, 5.74) is 1.00.